The minimum atomic E-state index is -0.125. The Bertz CT molecular complexity index is 377. The van der Waals surface area contributed by atoms with E-state index in [4.69, 9.17) is 5.11 Å². The van der Waals surface area contributed by atoms with Crippen molar-refractivity contribution in [2.75, 3.05) is 19.7 Å². The number of aryl methyl sites for hydroxylation is 1. The van der Waals surface area contributed by atoms with Gasteiger partial charge in [0.25, 0.3) is 5.91 Å². The van der Waals surface area contributed by atoms with Crippen LogP contribution in [-0.2, 0) is 0 Å². The molecule has 0 aliphatic heterocycles. The number of aliphatic hydroxyl groups excluding tert-OH is 1. The summed E-state index contributed by atoms with van der Waals surface area (Å²) in [4.78, 5) is 17.7. The highest BCUT2D eigenvalue weighted by Crippen LogP contribution is 2.08. The second-order valence-corrected chi connectivity index (χ2v) is 3.40. The number of hydrogen-bond acceptors (Lipinski definition) is 3. The van der Waals surface area contributed by atoms with Crippen molar-refractivity contribution >= 4 is 5.91 Å². The standard InChI is InChI=1S/C12H16N2O2/c1-3-7-14(8-9-15)12(16)11-5-4-6-13-10(11)2/h3-6,15H,1,7-9H2,2H3. The maximum Gasteiger partial charge on any atom is 0.256 e. The average Bonchev–Trinajstić information content (AvgIpc) is 2.28. The van der Waals surface area contributed by atoms with Crippen molar-refractivity contribution in [3.8, 4) is 0 Å². The molecule has 0 saturated heterocycles. The van der Waals surface area contributed by atoms with E-state index in [0.29, 0.717) is 24.3 Å². The minimum absolute atomic E-state index is 0.0567. The smallest absolute Gasteiger partial charge is 0.256 e. The van der Waals surface area contributed by atoms with E-state index in [1.165, 1.54) is 4.90 Å². The summed E-state index contributed by atoms with van der Waals surface area (Å²) in [5.74, 6) is -0.125. The van der Waals surface area contributed by atoms with Crippen LogP contribution in [0.5, 0.6) is 0 Å². The fourth-order valence-electron chi connectivity index (χ4n) is 1.43. The number of nitrogens with zero attached hydrogens (tertiary/aromatic N) is 2. The summed E-state index contributed by atoms with van der Waals surface area (Å²) in [7, 11) is 0. The van der Waals surface area contributed by atoms with Gasteiger partial charge in [-0.25, -0.2) is 0 Å². The summed E-state index contributed by atoms with van der Waals surface area (Å²) >= 11 is 0. The number of hydrogen-bond donors (Lipinski definition) is 1. The quantitative estimate of drug-likeness (QED) is 0.753. The number of aromatic nitrogens is 1. The Morgan fingerprint density at radius 1 is 1.69 bits per heavy atom. The highest BCUT2D eigenvalue weighted by Gasteiger charge is 2.15. The highest BCUT2D eigenvalue weighted by molar-refractivity contribution is 5.95. The number of carbonyl (C=O) groups excluding carboxylic acids is 1. The van der Waals surface area contributed by atoms with E-state index < -0.39 is 0 Å². The first-order valence-electron chi connectivity index (χ1n) is 5.13. The van der Waals surface area contributed by atoms with Gasteiger partial charge in [-0.15, -0.1) is 6.58 Å². The van der Waals surface area contributed by atoms with Crippen LogP contribution in [0.4, 0.5) is 0 Å². The summed E-state index contributed by atoms with van der Waals surface area (Å²) in [6.07, 6.45) is 3.29. The van der Waals surface area contributed by atoms with Crippen molar-refractivity contribution in [1.29, 1.82) is 0 Å². The molecule has 16 heavy (non-hydrogen) atoms. The van der Waals surface area contributed by atoms with Crippen molar-refractivity contribution in [2.45, 2.75) is 6.92 Å². The van der Waals surface area contributed by atoms with Crippen LogP contribution in [0.2, 0.25) is 0 Å². The second kappa shape index (κ2) is 6.02. The minimum Gasteiger partial charge on any atom is -0.395 e. The average molecular weight is 220 g/mol. The van der Waals surface area contributed by atoms with E-state index in [-0.39, 0.29) is 12.5 Å². The molecule has 1 N–H and O–H groups in total. The molecular formula is C12H16N2O2. The van der Waals surface area contributed by atoms with Crippen molar-refractivity contribution < 1.29 is 9.90 Å². The van der Waals surface area contributed by atoms with Gasteiger partial charge in [-0.2, -0.15) is 0 Å². The number of amides is 1. The van der Waals surface area contributed by atoms with Gasteiger partial charge in [-0.3, -0.25) is 9.78 Å². The van der Waals surface area contributed by atoms with Gasteiger partial charge in [0.15, 0.2) is 0 Å². The normalized spacial score (nSPS) is 9.88. The van der Waals surface area contributed by atoms with Gasteiger partial charge in [0.1, 0.15) is 0 Å². The van der Waals surface area contributed by atoms with Crippen molar-refractivity contribution in [3.63, 3.8) is 0 Å². The molecule has 1 heterocycles. The van der Waals surface area contributed by atoms with Crippen molar-refractivity contribution in [2.24, 2.45) is 0 Å². The van der Waals surface area contributed by atoms with Gasteiger partial charge in [0.2, 0.25) is 0 Å². The van der Waals surface area contributed by atoms with Crippen molar-refractivity contribution in [1.82, 2.24) is 9.88 Å². The van der Waals surface area contributed by atoms with Gasteiger partial charge in [0, 0.05) is 25.0 Å². The first-order valence-corrected chi connectivity index (χ1v) is 5.13. The van der Waals surface area contributed by atoms with Crippen LogP contribution in [0, 0.1) is 6.92 Å². The molecule has 4 nitrogen and oxygen atoms in total. The van der Waals surface area contributed by atoms with Crippen LogP contribution in [0.1, 0.15) is 16.1 Å². The zero-order chi connectivity index (χ0) is 12.0. The molecule has 0 atom stereocenters. The van der Waals surface area contributed by atoms with E-state index in [9.17, 15) is 4.79 Å². The Kier molecular flexibility index (Phi) is 4.66. The summed E-state index contributed by atoms with van der Waals surface area (Å²) < 4.78 is 0. The molecule has 1 rings (SSSR count). The van der Waals surface area contributed by atoms with Gasteiger partial charge in [-0.05, 0) is 19.1 Å². The molecule has 0 fully saturated rings. The maximum atomic E-state index is 12.1. The molecule has 0 spiro atoms. The molecule has 0 radical (unpaired) electrons. The maximum absolute atomic E-state index is 12.1. The lowest BCUT2D eigenvalue weighted by atomic mass is 10.2. The van der Waals surface area contributed by atoms with Gasteiger partial charge < -0.3 is 10.0 Å². The molecule has 86 valence electrons. The van der Waals surface area contributed by atoms with Crippen LogP contribution in [-0.4, -0.2) is 40.6 Å². The van der Waals surface area contributed by atoms with E-state index in [2.05, 4.69) is 11.6 Å². The summed E-state index contributed by atoms with van der Waals surface area (Å²) in [5, 5.41) is 8.88. The first-order chi connectivity index (χ1) is 7.70. The lowest BCUT2D eigenvalue weighted by Crippen LogP contribution is -2.34. The number of carbonyl (C=O) groups is 1. The highest BCUT2D eigenvalue weighted by atomic mass is 16.3. The Morgan fingerprint density at radius 2 is 2.44 bits per heavy atom. The topological polar surface area (TPSA) is 53.4 Å². The third-order valence-electron chi connectivity index (χ3n) is 2.24. The molecule has 0 bridgehead atoms. The summed E-state index contributed by atoms with van der Waals surface area (Å²) in [5.41, 5.74) is 1.26. The van der Waals surface area contributed by atoms with Crippen LogP contribution in [0.15, 0.2) is 31.0 Å². The number of aliphatic hydroxyl groups is 1. The van der Waals surface area contributed by atoms with Gasteiger partial charge >= 0.3 is 0 Å². The SMILES string of the molecule is C=CCN(CCO)C(=O)c1cccnc1C. The summed E-state index contributed by atoms with van der Waals surface area (Å²) in [6.45, 7) is 6.05. The van der Waals surface area contributed by atoms with Gasteiger partial charge in [-0.1, -0.05) is 6.08 Å². The molecule has 0 saturated carbocycles. The predicted molar refractivity (Wildman–Crippen MR) is 62.2 cm³/mol. The fourth-order valence-corrected chi connectivity index (χ4v) is 1.43. The number of pyridine rings is 1. The third kappa shape index (κ3) is 2.90. The third-order valence-corrected chi connectivity index (χ3v) is 2.24. The lowest BCUT2D eigenvalue weighted by molar-refractivity contribution is 0.0741. The fraction of sp³-hybridized carbons (Fsp3) is 0.333. The molecule has 1 aromatic rings. The molecule has 0 unspecified atom stereocenters. The molecular weight excluding hydrogens is 204 g/mol. The second-order valence-electron chi connectivity index (χ2n) is 3.40. The van der Waals surface area contributed by atoms with Crippen molar-refractivity contribution in [3.05, 3.63) is 42.2 Å². The van der Waals surface area contributed by atoms with Crippen LogP contribution >= 0.6 is 0 Å². The molecule has 0 aliphatic carbocycles. The van der Waals surface area contributed by atoms with Crippen LogP contribution in [0.25, 0.3) is 0 Å². The van der Waals surface area contributed by atoms with Crippen LogP contribution in [0.3, 0.4) is 0 Å². The number of rotatable bonds is 5. The van der Waals surface area contributed by atoms with E-state index in [1.807, 2.05) is 0 Å². The molecule has 1 aromatic heterocycles. The van der Waals surface area contributed by atoms with Gasteiger partial charge in [0.05, 0.1) is 12.2 Å². The Labute approximate surface area is 95.2 Å². The zero-order valence-corrected chi connectivity index (χ0v) is 9.39. The Hall–Kier alpha value is -1.68. The summed E-state index contributed by atoms with van der Waals surface area (Å²) in [6, 6.07) is 3.46. The predicted octanol–water partition coefficient (Wildman–Crippen LogP) is 1.01. The molecule has 0 aromatic carbocycles. The monoisotopic (exact) mass is 220 g/mol. The Balaban J connectivity index is 2.89. The largest absolute Gasteiger partial charge is 0.395 e. The molecule has 4 heteroatoms. The van der Waals surface area contributed by atoms with E-state index >= 15 is 0 Å². The zero-order valence-electron chi connectivity index (χ0n) is 9.39. The molecule has 0 aliphatic rings. The lowest BCUT2D eigenvalue weighted by Gasteiger charge is -2.20. The molecule has 1 amide bonds. The first kappa shape index (κ1) is 12.4. The Morgan fingerprint density at radius 3 is 3.00 bits per heavy atom. The van der Waals surface area contributed by atoms with Crippen LogP contribution < -0.4 is 0 Å². The van der Waals surface area contributed by atoms with E-state index in [1.54, 1.807) is 31.3 Å². The van der Waals surface area contributed by atoms with E-state index in [0.717, 1.165) is 0 Å².